The van der Waals surface area contributed by atoms with Crippen molar-refractivity contribution in [3.63, 3.8) is 0 Å². The van der Waals surface area contributed by atoms with Gasteiger partial charge in [-0.15, -0.1) is 0 Å². The minimum atomic E-state index is -1.20. The molecule has 8 heteroatoms. The number of hydrogen-bond donors (Lipinski definition) is 1. The summed E-state index contributed by atoms with van der Waals surface area (Å²) in [6.07, 6.45) is 1.21. The van der Waals surface area contributed by atoms with Crippen molar-refractivity contribution in [2.24, 2.45) is 7.05 Å². The standard InChI is InChI=1S/C13H12FN3O4/c1-16-7-15-12(17(20)21)11(16)10(13(18)19)6-8-2-4-9(14)5-3-8/h2-5,7,10H,6H2,1H3,(H,18,19). The molecular formula is C13H12FN3O4. The third-order valence-electron chi connectivity index (χ3n) is 3.12. The number of carbonyl (C=O) groups is 1. The first-order chi connectivity index (χ1) is 9.90. The van der Waals surface area contributed by atoms with Gasteiger partial charge in [-0.05, 0) is 34.0 Å². The van der Waals surface area contributed by atoms with Crippen molar-refractivity contribution >= 4 is 11.8 Å². The molecule has 110 valence electrons. The second-order valence-corrected chi connectivity index (χ2v) is 4.54. The highest BCUT2D eigenvalue weighted by Crippen LogP contribution is 2.28. The van der Waals surface area contributed by atoms with E-state index in [0.29, 0.717) is 5.56 Å². The smallest absolute Gasteiger partial charge is 0.385 e. The van der Waals surface area contributed by atoms with Crippen LogP contribution in [0.15, 0.2) is 30.6 Å². The zero-order valence-electron chi connectivity index (χ0n) is 11.1. The predicted molar refractivity (Wildman–Crippen MR) is 70.3 cm³/mol. The number of aryl methyl sites for hydroxylation is 1. The summed E-state index contributed by atoms with van der Waals surface area (Å²) in [5.74, 6) is -3.25. The Hall–Kier alpha value is -2.77. The van der Waals surface area contributed by atoms with Gasteiger partial charge in [-0.25, -0.2) is 4.39 Å². The summed E-state index contributed by atoms with van der Waals surface area (Å²) < 4.78 is 14.2. The maximum absolute atomic E-state index is 12.9. The Morgan fingerprint density at radius 2 is 2.10 bits per heavy atom. The molecule has 21 heavy (non-hydrogen) atoms. The van der Waals surface area contributed by atoms with E-state index in [1.54, 1.807) is 0 Å². The largest absolute Gasteiger partial charge is 0.481 e. The minimum absolute atomic E-state index is 0.00991. The Kier molecular flexibility index (Phi) is 3.97. The number of nitro groups is 1. The van der Waals surface area contributed by atoms with Gasteiger partial charge in [0.15, 0.2) is 0 Å². The third kappa shape index (κ3) is 3.04. The van der Waals surface area contributed by atoms with Crippen LogP contribution in [0.5, 0.6) is 0 Å². The molecule has 0 radical (unpaired) electrons. The molecule has 1 N–H and O–H groups in total. The zero-order chi connectivity index (χ0) is 15.6. The molecule has 1 atom stereocenters. The van der Waals surface area contributed by atoms with Crippen LogP contribution >= 0.6 is 0 Å². The molecule has 1 heterocycles. The molecule has 0 spiro atoms. The SMILES string of the molecule is Cn1cnc([N+](=O)[O-])c1C(Cc1ccc(F)cc1)C(=O)O. The minimum Gasteiger partial charge on any atom is -0.481 e. The number of carboxylic acids is 1. The van der Waals surface area contributed by atoms with Gasteiger partial charge in [0.1, 0.15) is 17.4 Å². The van der Waals surface area contributed by atoms with Gasteiger partial charge in [-0.1, -0.05) is 12.1 Å². The van der Waals surface area contributed by atoms with Crippen LogP contribution in [-0.2, 0) is 18.3 Å². The van der Waals surface area contributed by atoms with E-state index < -0.39 is 28.4 Å². The average Bonchev–Trinajstić information content (AvgIpc) is 2.79. The van der Waals surface area contributed by atoms with Gasteiger partial charge in [0.05, 0.1) is 0 Å². The first-order valence-electron chi connectivity index (χ1n) is 6.03. The quantitative estimate of drug-likeness (QED) is 0.670. The molecule has 2 aromatic rings. The lowest BCUT2D eigenvalue weighted by Gasteiger charge is -2.12. The summed E-state index contributed by atoms with van der Waals surface area (Å²) in [4.78, 5) is 25.3. The molecule has 0 fully saturated rings. The number of aromatic nitrogens is 2. The fraction of sp³-hybridized carbons (Fsp3) is 0.231. The Labute approximate surface area is 118 Å². The van der Waals surface area contributed by atoms with Gasteiger partial charge < -0.3 is 19.8 Å². The lowest BCUT2D eigenvalue weighted by Crippen LogP contribution is -2.18. The summed E-state index contributed by atoms with van der Waals surface area (Å²) in [7, 11) is 1.50. The number of hydrogen-bond acceptors (Lipinski definition) is 4. The second-order valence-electron chi connectivity index (χ2n) is 4.54. The molecule has 0 saturated carbocycles. The molecule has 0 aliphatic heterocycles. The summed E-state index contributed by atoms with van der Waals surface area (Å²) in [6, 6.07) is 5.33. The van der Waals surface area contributed by atoms with E-state index in [1.165, 1.54) is 42.2 Å². The van der Waals surface area contributed by atoms with E-state index in [1.807, 2.05) is 0 Å². The fourth-order valence-corrected chi connectivity index (χ4v) is 2.13. The molecule has 7 nitrogen and oxygen atoms in total. The summed E-state index contributed by atoms with van der Waals surface area (Å²) in [6.45, 7) is 0. The van der Waals surface area contributed by atoms with Crippen molar-refractivity contribution < 1.29 is 19.2 Å². The van der Waals surface area contributed by atoms with E-state index in [0.717, 1.165) is 0 Å². The number of benzene rings is 1. The van der Waals surface area contributed by atoms with Crippen molar-refractivity contribution in [2.75, 3.05) is 0 Å². The number of halogens is 1. The number of nitrogens with zero attached hydrogens (tertiary/aromatic N) is 3. The molecule has 0 aliphatic carbocycles. The molecule has 0 bridgehead atoms. The van der Waals surface area contributed by atoms with Crippen LogP contribution in [0.1, 0.15) is 17.2 Å². The summed E-state index contributed by atoms with van der Waals surface area (Å²) >= 11 is 0. The van der Waals surface area contributed by atoms with E-state index in [9.17, 15) is 24.4 Å². The third-order valence-corrected chi connectivity index (χ3v) is 3.12. The number of imidazole rings is 1. The molecule has 0 saturated heterocycles. The molecular weight excluding hydrogens is 281 g/mol. The Morgan fingerprint density at radius 1 is 1.48 bits per heavy atom. The van der Waals surface area contributed by atoms with E-state index in [-0.39, 0.29) is 12.1 Å². The van der Waals surface area contributed by atoms with Crippen LogP contribution in [0, 0.1) is 15.9 Å². The topological polar surface area (TPSA) is 98.3 Å². The highest BCUT2D eigenvalue weighted by atomic mass is 19.1. The van der Waals surface area contributed by atoms with Crippen molar-refractivity contribution in [2.45, 2.75) is 12.3 Å². The van der Waals surface area contributed by atoms with Crippen LogP contribution < -0.4 is 0 Å². The Bertz CT molecular complexity index is 681. The number of rotatable bonds is 5. The van der Waals surface area contributed by atoms with Gasteiger partial charge in [-0.2, -0.15) is 0 Å². The first-order valence-corrected chi connectivity index (χ1v) is 6.03. The maximum atomic E-state index is 12.9. The van der Waals surface area contributed by atoms with Crippen LogP contribution in [-0.4, -0.2) is 25.6 Å². The van der Waals surface area contributed by atoms with Gasteiger partial charge in [0.25, 0.3) is 0 Å². The lowest BCUT2D eigenvalue weighted by molar-refractivity contribution is -0.390. The number of aliphatic carboxylic acids is 1. The zero-order valence-corrected chi connectivity index (χ0v) is 11.1. The van der Waals surface area contributed by atoms with Gasteiger partial charge in [0, 0.05) is 7.05 Å². The van der Waals surface area contributed by atoms with Crippen LogP contribution in [0.2, 0.25) is 0 Å². The monoisotopic (exact) mass is 293 g/mol. The summed E-state index contributed by atoms with van der Waals surface area (Å²) in [5.41, 5.74) is 0.580. The molecule has 1 aromatic carbocycles. The molecule has 1 aromatic heterocycles. The van der Waals surface area contributed by atoms with Crippen molar-refractivity contribution in [1.82, 2.24) is 9.55 Å². The van der Waals surface area contributed by atoms with Crippen LogP contribution in [0.3, 0.4) is 0 Å². The van der Waals surface area contributed by atoms with Crippen LogP contribution in [0.4, 0.5) is 10.2 Å². The van der Waals surface area contributed by atoms with Gasteiger partial charge >= 0.3 is 11.8 Å². The van der Waals surface area contributed by atoms with E-state index in [2.05, 4.69) is 4.98 Å². The normalized spacial score (nSPS) is 12.1. The Balaban J connectivity index is 2.40. The van der Waals surface area contributed by atoms with Crippen molar-refractivity contribution in [1.29, 1.82) is 0 Å². The first kappa shape index (κ1) is 14.6. The van der Waals surface area contributed by atoms with Gasteiger partial charge in [0.2, 0.25) is 6.33 Å². The average molecular weight is 293 g/mol. The predicted octanol–water partition coefficient (Wildman–Crippen LogP) is 1.88. The highest BCUT2D eigenvalue weighted by molar-refractivity contribution is 5.77. The fourth-order valence-electron chi connectivity index (χ4n) is 2.13. The lowest BCUT2D eigenvalue weighted by atomic mass is 9.96. The number of carboxylic acid groups (broad SMARTS) is 1. The summed E-state index contributed by atoms with van der Waals surface area (Å²) in [5, 5.41) is 20.3. The van der Waals surface area contributed by atoms with Crippen molar-refractivity contribution in [3.05, 3.63) is 57.8 Å². The van der Waals surface area contributed by atoms with E-state index >= 15 is 0 Å². The molecule has 0 amide bonds. The van der Waals surface area contributed by atoms with E-state index in [4.69, 9.17) is 0 Å². The molecule has 2 rings (SSSR count). The maximum Gasteiger partial charge on any atom is 0.385 e. The molecule has 0 aliphatic rings. The van der Waals surface area contributed by atoms with Crippen molar-refractivity contribution in [3.8, 4) is 0 Å². The Morgan fingerprint density at radius 3 is 2.62 bits per heavy atom. The second kappa shape index (κ2) is 5.70. The van der Waals surface area contributed by atoms with Crippen LogP contribution in [0.25, 0.3) is 0 Å². The highest BCUT2D eigenvalue weighted by Gasteiger charge is 2.32. The molecule has 1 unspecified atom stereocenters. The van der Waals surface area contributed by atoms with Gasteiger partial charge in [-0.3, -0.25) is 4.79 Å².